The maximum Gasteiger partial charge on any atom is 0.174 e. The van der Waals surface area contributed by atoms with E-state index in [1.165, 1.54) is 0 Å². The molecule has 1 aliphatic heterocycles. The quantitative estimate of drug-likeness (QED) is 0.572. The third kappa shape index (κ3) is 2.08. The van der Waals surface area contributed by atoms with E-state index < -0.39 is 6.30 Å². The molecule has 3 rings (SSSR count). The van der Waals surface area contributed by atoms with Crippen LogP contribution in [0.25, 0.3) is 0 Å². The Labute approximate surface area is 101 Å². The summed E-state index contributed by atoms with van der Waals surface area (Å²) in [7, 11) is 0. The summed E-state index contributed by atoms with van der Waals surface area (Å²) < 4.78 is 13.7. The minimum atomic E-state index is -0.836. The van der Waals surface area contributed by atoms with Crippen molar-refractivity contribution in [2.24, 2.45) is 0 Å². The van der Waals surface area contributed by atoms with E-state index >= 15 is 0 Å². The zero-order chi connectivity index (χ0) is 11.7. The molecule has 0 N–H and O–H groups in total. The number of alkyl halides is 1. The summed E-state index contributed by atoms with van der Waals surface area (Å²) in [6.07, 6.45) is -0.836. The van der Waals surface area contributed by atoms with Crippen molar-refractivity contribution in [1.29, 1.82) is 0 Å². The Morgan fingerprint density at radius 2 is 1.47 bits per heavy atom. The second-order valence-electron chi connectivity index (χ2n) is 4.39. The summed E-state index contributed by atoms with van der Waals surface area (Å²) in [6, 6.07) is 19.8. The molecule has 2 aromatic carbocycles. The van der Waals surface area contributed by atoms with Crippen LogP contribution in [-0.4, -0.2) is 11.2 Å². The van der Waals surface area contributed by atoms with Gasteiger partial charge in [-0.1, -0.05) is 60.7 Å². The highest BCUT2D eigenvalue weighted by Crippen LogP contribution is 2.44. The van der Waals surface area contributed by atoms with Crippen LogP contribution in [-0.2, 0) is 6.54 Å². The average Bonchev–Trinajstić information content (AvgIpc) is 3.02. The molecule has 0 aliphatic carbocycles. The lowest BCUT2D eigenvalue weighted by Gasteiger charge is -2.02. The van der Waals surface area contributed by atoms with Crippen LogP contribution in [0.15, 0.2) is 60.7 Å². The molecular weight excluding hydrogens is 213 g/mol. The minimum Gasteiger partial charge on any atom is -0.257 e. The smallest absolute Gasteiger partial charge is 0.174 e. The Balaban J connectivity index is 1.72. The van der Waals surface area contributed by atoms with Gasteiger partial charge in [0.15, 0.2) is 6.30 Å². The van der Waals surface area contributed by atoms with Gasteiger partial charge in [0.1, 0.15) is 0 Å². The van der Waals surface area contributed by atoms with E-state index in [1.54, 1.807) is 0 Å². The predicted octanol–water partition coefficient (Wildman–Crippen LogP) is 3.54. The van der Waals surface area contributed by atoms with Gasteiger partial charge in [-0.25, -0.2) is 4.39 Å². The van der Waals surface area contributed by atoms with E-state index in [0.29, 0.717) is 6.54 Å². The first-order valence-electron chi connectivity index (χ1n) is 5.85. The lowest BCUT2D eigenvalue weighted by molar-refractivity contribution is 0.344. The Bertz CT molecular complexity index is 483. The van der Waals surface area contributed by atoms with Crippen LogP contribution in [0.1, 0.15) is 17.2 Å². The topological polar surface area (TPSA) is 3.01 Å². The van der Waals surface area contributed by atoms with Crippen LogP contribution >= 0.6 is 0 Å². The molecule has 17 heavy (non-hydrogen) atoms. The van der Waals surface area contributed by atoms with Gasteiger partial charge in [-0.2, -0.15) is 0 Å². The molecule has 1 heterocycles. The summed E-state index contributed by atoms with van der Waals surface area (Å²) in [5, 5.41) is 0. The van der Waals surface area contributed by atoms with Crippen molar-refractivity contribution in [2.45, 2.75) is 18.9 Å². The van der Waals surface area contributed by atoms with Crippen molar-refractivity contribution < 1.29 is 4.39 Å². The van der Waals surface area contributed by atoms with Crippen LogP contribution in [0.2, 0.25) is 0 Å². The highest BCUT2D eigenvalue weighted by Gasteiger charge is 2.48. The van der Waals surface area contributed by atoms with E-state index in [1.807, 2.05) is 65.6 Å². The van der Waals surface area contributed by atoms with E-state index in [-0.39, 0.29) is 6.04 Å². The first-order valence-corrected chi connectivity index (χ1v) is 5.85. The van der Waals surface area contributed by atoms with Crippen LogP contribution in [0.5, 0.6) is 0 Å². The Morgan fingerprint density at radius 1 is 0.882 bits per heavy atom. The van der Waals surface area contributed by atoms with E-state index in [0.717, 1.165) is 11.1 Å². The fourth-order valence-electron chi connectivity index (χ4n) is 2.22. The Hall–Kier alpha value is -1.67. The maximum atomic E-state index is 13.7. The second-order valence-corrected chi connectivity index (χ2v) is 4.39. The van der Waals surface area contributed by atoms with E-state index in [2.05, 4.69) is 0 Å². The van der Waals surface area contributed by atoms with Gasteiger partial charge in [-0.3, -0.25) is 4.90 Å². The van der Waals surface area contributed by atoms with Crippen LogP contribution in [0.4, 0.5) is 4.39 Å². The highest BCUT2D eigenvalue weighted by atomic mass is 19.1. The average molecular weight is 227 g/mol. The molecule has 1 fully saturated rings. The summed E-state index contributed by atoms with van der Waals surface area (Å²) in [5.41, 5.74) is 2.23. The summed E-state index contributed by atoms with van der Waals surface area (Å²) in [5.74, 6) is 0. The lowest BCUT2D eigenvalue weighted by atomic mass is 10.1. The number of hydrogen-bond acceptors (Lipinski definition) is 1. The first kappa shape index (κ1) is 10.5. The Morgan fingerprint density at radius 3 is 2.12 bits per heavy atom. The summed E-state index contributed by atoms with van der Waals surface area (Å²) >= 11 is 0. The standard InChI is InChI=1S/C15H14FN/c16-15-14(13-9-5-2-6-10-13)17(15)11-12-7-3-1-4-8-12/h1-10,14-15H,11H2. The van der Waals surface area contributed by atoms with Gasteiger partial charge in [0.05, 0.1) is 6.04 Å². The van der Waals surface area contributed by atoms with Crippen molar-refractivity contribution in [3.63, 3.8) is 0 Å². The van der Waals surface area contributed by atoms with Gasteiger partial charge in [-0.05, 0) is 11.1 Å². The molecule has 3 unspecified atom stereocenters. The SMILES string of the molecule is FC1C(c2ccccc2)N1Cc1ccccc1. The number of hydrogen-bond donors (Lipinski definition) is 0. The van der Waals surface area contributed by atoms with Gasteiger partial charge >= 0.3 is 0 Å². The van der Waals surface area contributed by atoms with Gasteiger partial charge in [-0.15, -0.1) is 0 Å². The fraction of sp³-hybridized carbons (Fsp3) is 0.200. The second kappa shape index (κ2) is 4.30. The normalized spacial score (nSPS) is 26.8. The number of rotatable bonds is 3. The number of halogens is 1. The van der Waals surface area contributed by atoms with E-state index in [9.17, 15) is 4.39 Å². The van der Waals surface area contributed by atoms with Crippen molar-refractivity contribution in [3.8, 4) is 0 Å². The van der Waals surface area contributed by atoms with Gasteiger partial charge in [0, 0.05) is 6.54 Å². The molecule has 2 heteroatoms. The molecule has 0 amide bonds. The van der Waals surface area contributed by atoms with Crippen LogP contribution < -0.4 is 0 Å². The third-order valence-corrected chi connectivity index (χ3v) is 3.19. The summed E-state index contributed by atoms with van der Waals surface area (Å²) in [6.45, 7) is 0.682. The van der Waals surface area contributed by atoms with Gasteiger partial charge < -0.3 is 0 Å². The predicted molar refractivity (Wildman–Crippen MR) is 66.1 cm³/mol. The molecule has 3 atom stereocenters. The zero-order valence-electron chi connectivity index (χ0n) is 9.46. The van der Waals surface area contributed by atoms with Crippen LogP contribution in [0.3, 0.4) is 0 Å². The molecule has 0 bridgehead atoms. The fourth-order valence-corrected chi connectivity index (χ4v) is 2.22. The number of benzene rings is 2. The molecule has 0 saturated carbocycles. The summed E-state index contributed by atoms with van der Waals surface area (Å²) in [4.78, 5) is 1.87. The van der Waals surface area contributed by atoms with Crippen molar-refractivity contribution >= 4 is 0 Å². The molecule has 0 radical (unpaired) electrons. The molecule has 1 nitrogen and oxygen atoms in total. The molecule has 2 aromatic rings. The first-order chi connectivity index (χ1) is 8.36. The lowest BCUT2D eigenvalue weighted by Crippen LogP contribution is -1.99. The highest BCUT2D eigenvalue weighted by molar-refractivity contribution is 5.26. The van der Waals surface area contributed by atoms with Gasteiger partial charge in [0.2, 0.25) is 0 Å². The third-order valence-electron chi connectivity index (χ3n) is 3.19. The van der Waals surface area contributed by atoms with Crippen LogP contribution in [0, 0.1) is 0 Å². The molecule has 0 spiro atoms. The van der Waals surface area contributed by atoms with E-state index in [4.69, 9.17) is 0 Å². The van der Waals surface area contributed by atoms with Gasteiger partial charge in [0.25, 0.3) is 0 Å². The molecular formula is C15H14FN. The van der Waals surface area contributed by atoms with Crippen molar-refractivity contribution in [3.05, 3.63) is 71.8 Å². The largest absolute Gasteiger partial charge is 0.257 e. The van der Waals surface area contributed by atoms with Crippen molar-refractivity contribution in [2.75, 3.05) is 0 Å². The molecule has 0 aromatic heterocycles. The Kier molecular flexibility index (Phi) is 2.65. The minimum absolute atomic E-state index is 0.0589. The monoisotopic (exact) mass is 227 g/mol. The molecule has 1 aliphatic rings. The zero-order valence-corrected chi connectivity index (χ0v) is 9.46. The van der Waals surface area contributed by atoms with Crippen molar-refractivity contribution in [1.82, 2.24) is 4.90 Å². The maximum absolute atomic E-state index is 13.7. The molecule has 86 valence electrons. The molecule has 1 saturated heterocycles. The number of nitrogens with zero attached hydrogens (tertiary/aromatic N) is 1.